The largest absolute Gasteiger partial charge is 0.490 e. The van der Waals surface area contributed by atoms with Crippen molar-refractivity contribution in [3.8, 4) is 11.5 Å². The summed E-state index contributed by atoms with van der Waals surface area (Å²) in [5, 5.41) is 11.5. The number of ether oxygens (including phenoxy) is 2. The molecule has 3 aromatic carbocycles. The van der Waals surface area contributed by atoms with Gasteiger partial charge in [-0.25, -0.2) is 0 Å². The monoisotopic (exact) mass is 650 g/mol. The summed E-state index contributed by atoms with van der Waals surface area (Å²) >= 11 is 8.88. The standard InChI is InChI=1S/C26H20ClIN2O6S/c1-2-35-22-12-17(11-20(28)24(22)36-15-16-7-9-19(27)10-8-16)13-23-25(31)29(26(32)37-23)14-18-5-3-4-6-21(18)30(33)34/h3-13H,2,14-15H2,1H3/b23-13+. The van der Waals surface area contributed by atoms with Gasteiger partial charge in [0.05, 0.1) is 26.6 Å². The minimum absolute atomic E-state index is 0.143. The van der Waals surface area contributed by atoms with Crippen molar-refractivity contribution in [1.29, 1.82) is 0 Å². The van der Waals surface area contributed by atoms with Gasteiger partial charge in [-0.05, 0) is 82.7 Å². The molecule has 0 atom stereocenters. The van der Waals surface area contributed by atoms with Gasteiger partial charge in [-0.15, -0.1) is 0 Å². The number of imide groups is 1. The summed E-state index contributed by atoms with van der Waals surface area (Å²) in [5.74, 6) is 0.567. The fourth-order valence-electron chi connectivity index (χ4n) is 3.59. The van der Waals surface area contributed by atoms with E-state index in [-0.39, 0.29) is 22.7 Å². The van der Waals surface area contributed by atoms with Gasteiger partial charge in [0.1, 0.15) is 6.61 Å². The lowest BCUT2D eigenvalue weighted by atomic mass is 10.1. The highest BCUT2D eigenvalue weighted by Crippen LogP contribution is 2.38. The first-order valence-electron chi connectivity index (χ1n) is 11.1. The summed E-state index contributed by atoms with van der Waals surface area (Å²) in [6.45, 7) is 2.40. The molecular formula is C26H20ClIN2O6S. The highest BCUT2D eigenvalue weighted by Gasteiger charge is 2.36. The molecule has 0 spiro atoms. The average molecular weight is 651 g/mol. The van der Waals surface area contributed by atoms with Crippen LogP contribution in [0.4, 0.5) is 10.5 Å². The molecule has 0 aliphatic carbocycles. The smallest absolute Gasteiger partial charge is 0.293 e. The van der Waals surface area contributed by atoms with Crippen molar-refractivity contribution in [1.82, 2.24) is 4.90 Å². The van der Waals surface area contributed by atoms with E-state index in [1.54, 1.807) is 30.3 Å². The molecule has 1 aliphatic rings. The number of carbonyl (C=O) groups excluding carboxylic acids is 2. The molecule has 1 heterocycles. The lowest BCUT2D eigenvalue weighted by molar-refractivity contribution is -0.385. The lowest BCUT2D eigenvalue weighted by Crippen LogP contribution is -2.27. The molecule has 0 unspecified atom stereocenters. The van der Waals surface area contributed by atoms with Gasteiger partial charge < -0.3 is 9.47 Å². The summed E-state index contributed by atoms with van der Waals surface area (Å²) in [6.07, 6.45) is 1.61. The number of benzene rings is 3. The van der Waals surface area contributed by atoms with Crippen LogP contribution in [-0.4, -0.2) is 27.6 Å². The SMILES string of the molecule is CCOc1cc(/C=C2/SC(=O)N(Cc3ccccc3[N+](=O)[O-])C2=O)cc(I)c1OCc1ccc(Cl)cc1. The number of hydrogen-bond acceptors (Lipinski definition) is 7. The highest BCUT2D eigenvalue weighted by atomic mass is 127. The second-order valence-corrected chi connectivity index (χ2v) is 10.4. The van der Waals surface area contributed by atoms with E-state index in [2.05, 4.69) is 22.6 Å². The molecular weight excluding hydrogens is 631 g/mol. The molecule has 8 nitrogen and oxygen atoms in total. The number of nitro benzene ring substituents is 1. The number of nitro groups is 1. The van der Waals surface area contributed by atoms with Crippen LogP contribution < -0.4 is 9.47 Å². The molecule has 3 aromatic rings. The van der Waals surface area contributed by atoms with Gasteiger partial charge in [0, 0.05) is 16.7 Å². The number of rotatable bonds is 9. The summed E-state index contributed by atoms with van der Waals surface area (Å²) in [5.41, 5.74) is 1.74. The third-order valence-electron chi connectivity index (χ3n) is 5.32. The molecule has 0 saturated carbocycles. The second-order valence-electron chi connectivity index (χ2n) is 7.83. The molecule has 0 radical (unpaired) electrons. The van der Waals surface area contributed by atoms with Crippen LogP contribution in [0.3, 0.4) is 0 Å². The first-order valence-corrected chi connectivity index (χ1v) is 13.4. The summed E-state index contributed by atoms with van der Waals surface area (Å²) in [7, 11) is 0. The minimum atomic E-state index is -0.530. The molecule has 1 aliphatic heterocycles. The third-order valence-corrected chi connectivity index (χ3v) is 7.28. The van der Waals surface area contributed by atoms with E-state index in [0.29, 0.717) is 35.3 Å². The van der Waals surface area contributed by atoms with E-state index in [4.69, 9.17) is 21.1 Å². The van der Waals surface area contributed by atoms with E-state index in [0.717, 1.165) is 25.8 Å². The number of nitrogens with zero attached hydrogens (tertiary/aromatic N) is 2. The van der Waals surface area contributed by atoms with Crippen LogP contribution in [-0.2, 0) is 17.9 Å². The predicted octanol–water partition coefficient (Wildman–Crippen LogP) is 7.07. The van der Waals surface area contributed by atoms with Crippen molar-refractivity contribution in [3.05, 3.63) is 101 Å². The van der Waals surface area contributed by atoms with E-state index >= 15 is 0 Å². The van der Waals surface area contributed by atoms with Crippen LogP contribution in [0.5, 0.6) is 11.5 Å². The van der Waals surface area contributed by atoms with E-state index < -0.39 is 16.1 Å². The fraction of sp³-hybridized carbons (Fsp3) is 0.154. The van der Waals surface area contributed by atoms with Crippen molar-refractivity contribution in [2.24, 2.45) is 0 Å². The van der Waals surface area contributed by atoms with E-state index in [1.807, 2.05) is 25.1 Å². The van der Waals surface area contributed by atoms with Crippen LogP contribution in [0.2, 0.25) is 5.02 Å². The normalized spacial score (nSPS) is 14.4. The molecule has 190 valence electrons. The maximum Gasteiger partial charge on any atom is 0.293 e. The minimum Gasteiger partial charge on any atom is -0.490 e. The van der Waals surface area contributed by atoms with Gasteiger partial charge in [-0.1, -0.05) is 41.9 Å². The number of amides is 2. The molecule has 0 bridgehead atoms. The van der Waals surface area contributed by atoms with Gasteiger partial charge in [0.2, 0.25) is 0 Å². The topological polar surface area (TPSA) is 99.0 Å². The molecule has 0 N–H and O–H groups in total. The summed E-state index contributed by atoms with van der Waals surface area (Å²) in [6, 6.07) is 17.0. The maximum absolute atomic E-state index is 13.0. The molecule has 1 fully saturated rings. The van der Waals surface area contributed by atoms with Gasteiger partial charge in [0.25, 0.3) is 16.8 Å². The van der Waals surface area contributed by atoms with Crippen molar-refractivity contribution < 1.29 is 24.0 Å². The van der Waals surface area contributed by atoms with Crippen LogP contribution in [0, 0.1) is 13.7 Å². The molecule has 4 rings (SSSR count). The molecule has 2 amide bonds. The zero-order valence-corrected chi connectivity index (χ0v) is 23.2. The number of thioether (sulfide) groups is 1. The van der Waals surface area contributed by atoms with Crippen LogP contribution >= 0.6 is 46.0 Å². The number of para-hydroxylation sites is 1. The Morgan fingerprint density at radius 3 is 2.54 bits per heavy atom. The second kappa shape index (κ2) is 12.0. The highest BCUT2D eigenvalue weighted by molar-refractivity contribution is 14.1. The zero-order valence-electron chi connectivity index (χ0n) is 19.5. The zero-order chi connectivity index (χ0) is 26.5. The van der Waals surface area contributed by atoms with Crippen LogP contribution in [0.1, 0.15) is 23.6 Å². The van der Waals surface area contributed by atoms with Gasteiger partial charge in [0.15, 0.2) is 11.5 Å². The molecule has 37 heavy (non-hydrogen) atoms. The average Bonchev–Trinajstić information content (AvgIpc) is 3.12. The van der Waals surface area contributed by atoms with Crippen molar-refractivity contribution in [2.75, 3.05) is 6.61 Å². The third kappa shape index (κ3) is 6.43. The Hall–Kier alpha value is -3.09. The number of carbonyl (C=O) groups is 2. The first-order chi connectivity index (χ1) is 17.8. The van der Waals surface area contributed by atoms with Gasteiger partial charge in [-0.2, -0.15) is 0 Å². The fourth-order valence-corrected chi connectivity index (χ4v) is 5.34. The Bertz CT molecular complexity index is 1400. The van der Waals surface area contributed by atoms with Crippen LogP contribution in [0.15, 0.2) is 65.6 Å². The van der Waals surface area contributed by atoms with E-state index in [1.165, 1.54) is 18.2 Å². The molecule has 11 heteroatoms. The maximum atomic E-state index is 13.0. The van der Waals surface area contributed by atoms with Crippen molar-refractivity contribution >= 4 is 68.9 Å². The van der Waals surface area contributed by atoms with Crippen molar-refractivity contribution in [3.63, 3.8) is 0 Å². The quantitative estimate of drug-likeness (QED) is 0.106. The Balaban J connectivity index is 1.56. The summed E-state index contributed by atoms with van der Waals surface area (Å²) < 4.78 is 12.6. The Morgan fingerprint density at radius 2 is 1.84 bits per heavy atom. The Kier molecular flexibility index (Phi) is 8.72. The predicted molar refractivity (Wildman–Crippen MR) is 151 cm³/mol. The summed E-state index contributed by atoms with van der Waals surface area (Å²) in [4.78, 5) is 37.7. The molecule has 1 saturated heterocycles. The van der Waals surface area contributed by atoms with Crippen molar-refractivity contribution in [2.45, 2.75) is 20.1 Å². The Morgan fingerprint density at radius 1 is 1.11 bits per heavy atom. The lowest BCUT2D eigenvalue weighted by Gasteiger charge is -2.15. The Labute approximate surface area is 235 Å². The molecule has 0 aromatic heterocycles. The first kappa shape index (κ1) is 27.0. The number of hydrogen-bond donors (Lipinski definition) is 0. The van der Waals surface area contributed by atoms with Crippen LogP contribution in [0.25, 0.3) is 6.08 Å². The number of halogens is 2. The van der Waals surface area contributed by atoms with Gasteiger partial charge in [-0.3, -0.25) is 24.6 Å². The van der Waals surface area contributed by atoms with E-state index in [9.17, 15) is 19.7 Å². The van der Waals surface area contributed by atoms with Gasteiger partial charge >= 0.3 is 0 Å².